The molecule has 0 aliphatic rings. The molecule has 8 heteroatoms. The zero-order valence-corrected chi connectivity index (χ0v) is 14.8. The first-order valence-corrected chi connectivity index (χ1v) is 8.16. The van der Waals surface area contributed by atoms with E-state index in [1.165, 1.54) is 6.07 Å². The van der Waals surface area contributed by atoms with Crippen LogP contribution in [0.1, 0.15) is 5.56 Å². The van der Waals surface area contributed by atoms with Crippen LogP contribution in [0.3, 0.4) is 0 Å². The molecule has 2 amide bonds. The number of nitrogens with one attached hydrogen (secondary N) is 2. The van der Waals surface area contributed by atoms with Crippen molar-refractivity contribution in [1.29, 1.82) is 0 Å². The summed E-state index contributed by atoms with van der Waals surface area (Å²) in [6.45, 7) is 0.374. The molecule has 0 fully saturated rings. The minimum absolute atomic E-state index is 0.0983. The van der Waals surface area contributed by atoms with Crippen molar-refractivity contribution in [3.05, 3.63) is 64.7 Å². The Morgan fingerprint density at radius 3 is 2.38 bits per heavy atom. The molecular weight excluding hydrogens is 364 g/mol. The highest BCUT2D eigenvalue weighted by Crippen LogP contribution is 2.13. The zero-order chi connectivity index (χ0) is 19.1. The number of hydrogen-bond acceptors (Lipinski definition) is 3. The van der Waals surface area contributed by atoms with Crippen molar-refractivity contribution in [1.82, 2.24) is 10.2 Å². The second-order valence-electron chi connectivity index (χ2n) is 5.75. The fourth-order valence-electron chi connectivity index (χ4n) is 2.22. The first-order chi connectivity index (χ1) is 12.3. The van der Waals surface area contributed by atoms with E-state index >= 15 is 0 Å². The number of rotatable bonds is 7. The number of nitrogens with zero attached hydrogens (tertiary/aromatic N) is 1. The van der Waals surface area contributed by atoms with Crippen LogP contribution in [0, 0.1) is 11.6 Å². The molecule has 26 heavy (non-hydrogen) atoms. The fraction of sp³-hybridized carbons (Fsp3) is 0.222. The number of halogens is 3. The number of carbonyl (C=O) groups is 2. The van der Waals surface area contributed by atoms with Gasteiger partial charge in [0, 0.05) is 23.3 Å². The van der Waals surface area contributed by atoms with Crippen molar-refractivity contribution in [2.45, 2.75) is 6.54 Å². The third-order valence-electron chi connectivity index (χ3n) is 3.43. The molecule has 2 aromatic rings. The van der Waals surface area contributed by atoms with E-state index in [9.17, 15) is 18.4 Å². The fourth-order valence-corrected chi connectivity index (χ4v) is 2.34. The van der Waals surface area contributed by atoms with Crippen LogP contribution in [0.25, 0.3) is 0 Å². The molecule has 0 heterocycles. The molecule has 0 spiro atoms. The van der Waals surface area contributed by atoms with Crippen molar-refractivity contribution in [3.8, 4) is 0 Å². The minimum Gasteiger partial charge on any atom is -0.346 e. The molecule has 138 valence electrons. The summed E-state index contributed by atoms with van der Waals surface area (Å²) in [7, 11) is 1.77. The van der Waals surface area contributed by atoms with Crippen LogP contribution >= 0.6 is 11.6 Å². The van der Waals surface area contributed by atoms with Crippen molar-refractivity contribution in [3.63, 3.8) is 0 Å². The van der Waals surface area contributed by atoms with E-state index in [-0.39, 0.29) is 24.7 Å². The van der Waals surface area contributed by atoms with Crippen LogP contribution in [-0.4, -0.2) is 36.9 Å². The highest BCUT2D eigenvalue weighted by molar-refractivity contribution is 6.30. The second-order valence-corrected chi connectivity index (χ2v) is 6.19. The van der Waals surface area contributed by atoms with Gasteiger partial charge in [-0.1, -0.05) is 23.7 Å². The Morgan fingerprint density at radius 1 is 1.04 bits per heavy atom. The van der Waals surface area contributed by atoms with Crippen LogP contribution in [0.5, 0.6) is 0 Å². The van der Waals surface area contributed by atoms with Gasteiger partial charge in [-0.2, -0.15) is 0 Å². The number of carbonyl (C=O) groups excluding carboxylic acids is 2. The topological polar surface area (TPSA) is 61.4 Å². The van der Waals surface area contributed by atoms with E-state index in [0.717, 1.165) is 17.7 Å². The Bertz CT molecular complexity index is 785. The first-order valence-electron chi connectivity index (χ1n) is 7.78. The summed E-state index contributed by atoms with van der Waals surface area (Å²) in [6, 6.07) is 10.3. The average molecular weight is 382 g/mol. The van der Waals surface area contributed by atoms with Crippen LogP contribution in [-0.2, 0) is 16.1 Å². The van der Waals surface area contributed by atoms with Gasteiger partial charge in [-0.15, -0.1) is 0 Å². The molecule has 0 aromatic heterocycles. The summed E-state index contributed by atoms with van der Waals surface area (Å²) in [6.07, 6.45) is 0. The summed E-state index contributed by atoms with van der Waals surface area (Å²) in [5.41, 5.74) is 1.11. The highest BCUT2D eigenvalue weighted by Gasteiger charge is 2.10. The standard InChI is InChI=1S/C18H18ClF2N3O2/c1-24(10-12-2-4-13(19)5-3-12)11-18(26)22-9-17(25)23-14-6-7-15(20)16(21)8-14/h2-8H,9-11H2,1H3,(H,22,26)(H,23,25). The van der Waals surface area contributed by atoms with Gasteiger partial charge in [0.15, 0.2) is 11.6 Å². The molecule has 2 rings (SSSR count). The van der Waals surface area contributed by atoms with E-state index in [1.54, 1.807) is 24.1 Å². The molecule has 0 atom stereocenters. The molecule has 0 radical (unpaired) electrons. The third kappa shape index (κ3) is 6.42. The second kappa shape index (κ2) is 9.26. The SMILES string of the molecule is CN(CC(=O)NCC(=O)Nc1ccc(F)c(F)c1)Cc1ccc(Cl)cc1. The molecule has 0 aliphatic heterocycles. The monoisotopic (exact) mass is 381 g/mol. The normalized spacial score (nSPS) is 10.7. The molecule has 0 unspecified atom stereocenters. The Kier molecular flexibility index (Phi) is 7.06. The number of amides is 2. The lowest BCUT2D eigenvalue weighted by molar-refractivity contribution is -0.124. The van der Waals surface area contributed by atoms with Crippen LogP contribution in [0.4, 0.5) is 14.5 Å². The Balaban J connectivity index is 1.74. The summed E-state index contributed by atoms with van der Waals surface area (Å²) < 4.78 is 25.9. The quantitative estimate of drug-likeness (QED) is 0.775. The summed E-state index contributed by atoms with van der Waals surface area (Å²) in [5.74, 6) is -2.93. The van der Waals surface area contributed by atoms with Gasteiger partial charge >= 0.3 is 0 Å². The smallest absolute Gasteiger partial charge is 0.243 e. The molecule has 0 bridgehead atoms. The lowest BCUT2D eigenvalue weighted by Crippen LogP contribution is -2.39. The van der Waals surface area contributed by atoms with Crippen LogP contribution < -0.4 is 10.6 Å². The average Bonchev–Trinajstić information content (AvgIpc) is 2.58. The van der Waals surface area contributed by atoms with Crippen molar-refractivity contribution >= 4 is 29.1 Å². The first kappa shape index (κ1) is 19.8. The van der Waals surface area contributed by atoms with Gasteiger partial charge in [-0.3, -0.25) is 14.5 Å². The van der Waals surface area contributed by atoms with Gasteiger partial charge in [0.05, 0.1) is 13.1 Å². The lowest BCUT2D eigenvalue weighted by atomic mass is 10.2. The Labute approximate surface area is 154 Å². The predicted molar refractivity (Wildman–Crippen MR) is 95.8 cm³/mol. The number of likely N-dealkylation sites (N-methyl/N-ethyl adjacent to an activating group) is 1. The summed E-state index contributed by atoms with van der Waals surface area (Å²) in [5, 5.41) is 5.49. The molecule has 0 saturated heterocycles. The maximum Gasteiger partial charge on any atom is 0.243 e. The molecular formula is C18H18ClF2N3O2. The van der Waals surface area contributed by atoms with Gasteiger partial charge in [0.25, 0.3) is 0 Å². The number of anilines is 1. The molecule has 2 aromatic carbocycles. The van der Waals surface area contributed by atoms with Gasteiger partial charge in [-0.25, -0.2) is 8.78 Å². The Morgan fingerprint density at radius 2 is 1.73 bits per heavy atom. The van der Waals surface area contributed by atoms with Gasteiger partial charge in [0.1, 0.15) is 0 Å². The zero-order valence-electron chi connectivity index (χ0n) is 14.1. The van der Waals surface area contributed by atoms with E-state index in [1.807, 2.05) is 12.1 Å². The molecule has 5 nitrogen and oxygen atoms in total. The Hall–Kier alpha value is -2.51. The van der Waals surface area contributed by atoms with Crippen LogP contribution in [0.2, 0.25) is 5.02 Å². The lowest BCUT2D eigenvalue weighted by Gasteiger charge is -2.16. The third-order valence-corrected chi connectivity index (χ3v) is 3.68. The van der Waals surface area contributed by atoms with Crippen molar-refractivity contribution < 1.29 is 18.4 Å². The maximum atomic E-state index is 13.1. The van der Waals surface area contributed by atoms with Gasteiger partial charge in [0.2, 0.25) is 11.8 Å². The van der Waals surface area contributed by atoms with E-state index in [2.05, 4.69) is 10.6 Å². The van der Waals surface area contributed by atoms with Gasteiger partial charge < -0.3 is 10.6 Å². The van der Waals surface area contributed by atoms with E-state index in [4.69, 9.17) is 11.6 Å². The van der Waals surface area contributed by atoms with Gasteiger partial charge in [-0.05, 0) is 36.9 Å². The van der Waals surface area contributed by atoms with Crippen LogP contribution in [0.15, 0.2) is 42.5 Å². The van der Waals surface area contributed by atoms with E-state index in [0.29, 0.717) is 11.6 Å². The largest absolute Gasteiger partial charge is 0.346 e. The maximum absolute atomic E-state index is 13.1. The predicted octanol–water partition coefficient (Wildman–Crippen LogP) is 2.80. The molecule has 0 saturated carbocycles. The highest BCUT2D eigenvalue weighted by atomic mass is 35.5. The molecule has 2 N–H and O–H groups in total. The van der Waals surface area contributed by atoms with E-state index < -0.39 is 17.5 Å². The molecule has 0 aliphatic carbocycles. The number of hydrogen-bond donors (Lipinski definition) is 2. The summed E-state index contributed by atoms with van der Waals surface area (Å²) in [4.78, 5) is 25.4. The minimum atomic E-state index is -1.06. The van der Waals surface area contributed by atoms with Crippen molar-refractivity contribution in [2.24, 2.45) is 0 Å². The summed E-state index contributed by atoms with van der Waals surface area (Å²) >= 11 is 5.82. The number of benzene rings is 2. The van der Waals surface area contributed by atoms with Crippen molar-refractivity contribution in [2.75, 3.05) is 25.5 Å².